The van der Waals surface area contributed by atoms with E-state index in [0.29, 0.717) is 24.4 Å². The van der Waals surface area contributed by atoms with Gasteiger partial charge in [0.2, 0.25) is 10.0 Å². The van der Waals surface area contributed by atoms with Crippen molar-refractivity contribution in [3.8, 4) is 0 Å². The Bertz CT molecular complexity index is 549. The van der Waals surface area contributed by atoms with Gasteiger partial charge in [0.15, 0.2) is 0 Å². The second-order valence-corrected chi connectivity index (χ2v) is 6.66. The number of H-pyrrole nitrogens is 1. The summed E-state index contributed by atoms with van der Waals surface area (Å²) in [7, 11) is -3.69. The van der Waals surface area contributed by atoms with E-state index >= 15 is 0 Å². The van der Waals surface area contributed by atoms with Gasteiger partial charge < -0.3 is 9.84 Å². The molecular formula is C11H19N3O4S. The van der Waals surface area contributed by atoms with Crippen LogP contribution < -0.4 is 4.72 Å². The lowest BCUT2D eigenvalue weighted by Crippen LogP contribution is -2.47. The average Bonchev–Trinajstić information content (AvgIpc) is 2.82. The minimum absolute atomic E-state index is 0.0689. The highest BCUT2D eigenvalue weighted by Crippen LogP contribution is 2.25. The summed E-state index contributed by atoms with van der Waals surface area (Å²) >= 11 is 0. The lowest BCUT2D eigenvalue weighted by Gasteiger charge is -2.26. The fraction of sp³-hybridized carbons (Fsp3) is 0.727. The molecule has 0 amide bonds. The van der Waals surface area contributed by atoms with Gasteiger partial charge >= 0.3 is 0 Å². The number of nitrogens with one attached hydrogen (secondary N) is 2. The number of aromatic nitrogens is 2. The van der Waals surface area contributed by atoms with Crippen LogP contribution in [0.25, 0.3) is 0 Å². The van der Waals surface area contributed by atoms with Crippen LogP contribution in [0.15, 0.2) is 4.90 Å². The first-order valence-corrected chi connectivity index (χ1v) is 7.60. The molecule has 7 nitrogen and oxygen atoms in total. The molecule has 2 atom stereocenters. The average molecular weight is 289 g/mol. The first-order chi connectivity index (χ1) is 8.76. The largest absolute Gasteiger partial charge is 0.386 e. The summed E-state index contributed by atoms with van der Waals surface area (Å²) in [6.07, 6.45) is 0.0294. The van der Waals surface area contributed by atoms with E-state index in [1.165, 1.54) is 0 Å². The van der Waals surface area contributed by atoms with Crippen molar-refractivity contribution in [2.75, 3.05) is 13.2 Å². The zero-order chi connectivity index (χ0) is 14.3. The SMILES string of the molecule is Cc1n[nH]c(C)c1S(=O)(=O)NCC1(O)CCOC1C. The van der Waals surface area contributed by atoms with Gasteiger partial charge in [0.25, 0.3) is 0 Å². The van der Waals surface area contributed by atoms with E-state index in [-0.39, 0.29) is 17.5 Å². The van der Waals surface area contributed by atoms with E-state index in [1.807, 2.05) is 0 Å². The third-order valence-electron chi connectivity index (χ3n) is 3.56. The van der Waals surface area contributed by atoms with E-state index < -0.39 is 15.6 Å². The molecule has 1 aliphatic heterocycles. The topological polar surface area (TPSA) is 104 Å². The van der Waals surface area contributed by atoms with Gasteiger partial charge in [-0.2, -0.15) is 5.10 Å². The predicted molar refractivity (Wildman–Crippen MR) is 68.2 cm³/mol. The first-order valence-electron chi connectivity index (χ1n) is 6.11. The van der Waals surface area contributed by atoms with Gasteiger partial charge in [-0.3, -0.25) is 5.10 Å². The van der Waals surface area contributed by atoms with E-state index in [4.69, 9.17) is 4.74 Å². The fourth-order valence-corrected chi connectivity index (χ4v) is 3.70. The summed E-state index contributed by atoms with van der Waals surface area (Å²) in [6, 6.07) is 0. The van der Waals surface area contributed by atoms with E-state index in [0.717, 1.165) is 0 Å². The van der Waals surface area contributed by atoms with Gasteiger partial charge in [-0.05, 0) is 20.8 Å². The van der Waals surface area contributed by atoms with Crippen LogP contribution in [0.3, 0.4) is 0 Å². The third kappa shape index (κ3) is 2.66. The maximum absolute atomic E-state index is 12.2. The molecule has 19 heavy (non-hydrogen) atoms. The molecule has 1 aliphatic rings. The highest BCUT2D eigenvalue weighted by molar-refractivity contribution is 7.89. The van der Waals surface area contributed by atoms with Gasteiger partial charge in [-0.15, -0.1) is 0 Å². The van der Waals surface area contributed by atoms with Crippen molar-refractivity contribution in [3.63, 3.8) is 0 Å². The molecule has 8 heteroatoms. The van der Waals surface area contributed by atoms with E-state index in [1.54, 1.807) is 20.8 Å². The Morgan fingerprint density at radius 3 is 2.74 bits per heavy atom. The molecule has 2 unspecified atom stereocenters. The molecule has 2 heterocycles. The molecule has 0 saturated carbocycles. The third-order valence-corrected chi connectivity index (χ3v) is 5.22. The zero-order valence-corrected chi connectivity index (χ0v) is 12.0. The molecule has 1 aromatic heterocycles. The number of hydrogen-bond donors (Lipinski definition) is 3. The van der Waals surface area contributed by atoms with Crippen molar-refractivity contribution in [3.05, 3.63) is 11.4 Å². The Morgan fingerprint density at radius 1 is 1.58 bits per heavy atom. The number of sulfonamides is 1. The Hall–Kier alpha value is -0.960. The number of ether oxygens (including phenoxy) is 1. The minimum Gasteiger partial charge on any atom is -0.386 e. The van der Waals surface area contributed by atoms with Gasteiger partial charge in [0.1, 0.15) is 10.5 Å². The monoisotopic (exact) mass is 289 g/mol. The van der Waals surface area contributed by atoms with E-state index in [2.05, 4.69) is 14.9 Å². The molecule has 2 rings (SSSR count). The highest BCUT2D eigenvalue weighted by Gasteiger charge is 2.40. The fourth-order valence-electron chi connectivity index (χ4n) is 2.23. The molecule has 1 aromatic rings. The molecule has 1 fully saturated rings. The number of hydrogen-bond acceptors (Lipinski definition) is 5. The lowest BCUT2D eigenvalue weighted by atomic mass is 9.97. The highest BCUT2D eigenvalue weighted by atomic mass is 32.2. The normalized spacial score (nSPS) is 27.9. The molecule has 1 saturated heterocycles. The minimum atomic E-state index is -3.69. The second-order valence-electron chi connectivity index (χ2n) is 4.95. The van der Waals surface area contributed by atoms with Crippen LogP contribution >= 0.6 is 0 Å². The Morgan fingerprint density at radius 2 is 2.26 bits per heavy atom. The summed E-state index contributed by atoms with van der Waals surface area (Å²) in [5, 5.41) is 16.8. The molecule has 0 bridgehead atoms. The second kappa shape index (κ2) is 4.86. The Balaban J connectivity index is 2.15. The van der Waals surface area contributed by atoms with Crippen molar-refractivity contribution in [1.82, 2.24) is 14.9 Å². The van der Waals surface area contributed by atoms with Crippen molar-refractivity contribution in [2.24, 2.45) is 0 Å². The smallest absolute Gasteiger partial charge is 0.244 e. The van der Waals surface area contributed by atoms with Gasteiger partial charge in [0.05, 0.1) is 17.5 Å². The molecule has 0 radical (unpaired) electrons. The van der Waals surface area contributed by atoms with Crippen molar-refractivity contribution in [1.29, 1.82) is 0 Å². The summed E-state index contributed by atoms with van der Waals surface area (Å²) in [4.78, 5) is 0.141. The maximum Gasteiger partial charge on any atom is 0.244 e. The summed E-state index contributed by atoms with van der Waals surface area (Å²) in [5.74, 6) is 0. The molecule has 3 N–H and O–H groups in total. The first kappa shape index (κ1) is 14.4. The van der Waals surface area contributed by atoms with Crippen LogP contribution in [0.2, 0.25) is 0 Å². The Kier molecular flexibility index (Phi) is 3.69. The number of aryl methyl sites for hydroxylation is 2. The number of aromatic amines is 1. The molecular weight excluding hydrogens is 270 g/mol. The Labute approximate surface area is 112 Å². The van der Waals surface area contributed by atoms with E-state index in [9.17, 15) is 13.5 Å². The predicted octanol–water partition coefficient (Wildman–Crippen LogP) is -0.155. The summed E-state index contributed by atoms with van der Waals surface area (Å²) in [5.41, 5.74) is -0.265. The van der Waals surface area contributed by atoms with Gasteiger partial charge in [-0.25, -0.2) is 13.1 Å². The quantitative estimate of drug-likeness (QED) is 0.715. The molecule has 0 spiro atoms. The van der Waals surface area contributed by atoms with Crippen LogP contribution in [0.5, 0.6) is 0 Å². The summed E-state index contributed by atoms with van der Waals surface area (Å²) < 4.78 is 32.1. The standard InChI is InChI=1S/C11H19N3O4S/c1-7-10(8(2)14-13-7)19(16,17)12-6-11(15)4-5-18-9(11)3/h9,12,15H,4-6H2,1-3H3,(H,13,14). The molecule has 0 aliphatic carbocycles. The number of rotatable bonds is 4. The van der Waals surface area contributed by atoms with Gasteiger partial charge in [-0.1, -0.05) is 0 Å². The number of nitrogens with zero attached hydrogens (tertiary/aromatic N) is 1. The van der Waals surface area contributed by atoms with Crippen LogP contribution in [-0.4, -0.2) is 48.6 Å². The number of aliphatic hydroxyl groups is 1. The molecule has 0 aromatic carbocycles. The molecule has 108 valence electrons. The maximum atomic E-state index is 12.2. The zero-order valence-electron chi connectivity index (χ0n) is 11.2. The van der Waals surface area contributed by atoms with Crippen molar-refractivity contribution >= 4 is 10.0 Å². The van der Waals surface area contributed by atoms with Gasteiger partial charge in [0, 0.05) is 19.6 Å². The lowest BCUT2D eigenvalue weighted by molar-refractivity contribution is -0.0228. The van der Waals surface area contributed by atoms with Crippen LogP contribution in [0.1, 0.15) is 24.7 Å². The van der Waals surface area contributed by atoms with Crippen LogP contribution in [0, 0.1) is 13.8 Å². The van der Waals surface area contributed by atoms with Crippen LogP contribution in [-0.2, 0) is 14.8 Å². The van der Waals surface area contributed by atoms with Crippen LogP contribution in [0.4, 0.5) is 0 Å². The summed E-state index contributed by atoms with van der Waals surface area (Å²) in [6.45, 7) is 5.36. The van der Waals surface area contributed by atoms with Crippen molar-refractivity contribution < 1.29 is 18.3 Å². The van der Waals surface area contributed by atoms with Crippen molar-refractivity contribution in [2.45, 2.75) is 43.8 Å².